The van der Waals surface area contributed by atoms with E-state index in [4.69, 9.17) is 25.8 Å². The third kappa shape index (κ3) is 5.04. The largest absolute Gasteiger partial charge is 0.481 e. The van der Waals surface area contributed by atoms with Crippen molar-refractivity contribution in [3.8, 4) is 17.2 Å². The molecule has 3 aromatic rings. The number of hydrogen-bond donors (Lipinski definition) is 1. The number of hydrogen-bond acceptors (Lipinski definition) is 5. The van der Waals surface area contributed by atoms with E-state index >= 15 is 0 Å². The first-order chi connectivity index (χ1) is 15.9. The van der Waals surface area contributed by atoms with Crippen molar-refractivity contribution in [3.05, 3.63) is 88.4 Å². The summed E-state index contributed by atoms with van der Waals surface area (Å²) in [5, 5.41) is 9.54. The van der Waals surface area contributed by atoms with E-state index in [-0.39, 0.29) is 41.7 Å². The summed E-state index contributed by atoms with van der Waals surface area (Å²) in [7, 11) is 0. The molecule has 1 heterocycles. The highest BCUT2D eigenvalue weighted by Gasteiger charge is 2.25. The van der Waals surface area contributed by atoms with Gasteiger partial charge >= 0.3 is 5.97 Å². The number of para-hydroxylation sites is 1. The van der Waals surface area contributed by atoms with Crippen LogP contribution in [0.1, 0.15) is 34.5 Å². The highest BCUT2D eigenvalue weighted by molar-refractivity contribution is 6.32. The fraction of sp³-hybridized carbons (Fsp3) is 0.200. The number of aromatic carboxylic acids is 1. The average Bonchev–Trinajstić information content (AvgIpc) is 3.29. The summed E-state index contributed by atoms with van der Waals surface area (Å²) in [5.41, 5.74) is 1.71. The molecule has 170 valence electrons. The molecule has 1 aliphatic heterocycles. The Bertz CT molecular complexity index is 1170. The van der Waals surface area contributed by atoms with E-state index in [0.717, 1.165) is 11.1 Å². The van der Waals surface area contributed by atoms with Crippen LogP contribution in [0.5, 0.6) is 17.2 Å². The van der Waals surface area contributed by atoms with Crippen molar-refractivity contribution in [3.63, 3.8) is 0 Å². The van der Waals surface area contributed by atoms with Crippen molar-refractivity contribution in [2.24, 2.45) is 0 Å². The molecule has 0 saturated heterocycles. The molecule has 0 bridgehead atoms. The summed E-state index contributed by atoms with van der Waals surface area (Å²) in [6.45, 7) is 2.02. The van der Waals surface area contributed by atoms with E-state index in [1.807, 2.05) is 55.5 Å². The highest BCUT2D eigenvalue weighted by atomic mass is 35.5. The number of fused-ring (bicyclic) bond motifs is 1. The molecule has 0 saturated carbocycles. The molecule has 1 atom stereocenters. The van der Waals surface area contributed by atoms with Crippen LogP contribution in [0.4, 0.5) is 0 Å². The minimum absolute atomic E-state index is 0.0320. The molecular formula is C25H22ClNO6. The van der Waals surface area contributed by atoms with Crippen LogP contribution in [-0.4, -0.2) is 35.3 Å². The molecule has 0 spiro atoms. The minimum atomic E-state index is -1.19. The van der Waals surface area contributed by atoms with E-state index in [0.29, 0.717) is 18.0 Å². The zero-order valence-electron chi connectivity index (χ0n) is 17.9. The van der Waals surface area contributed by atoms with Crippen molar-refractivity contribution in [1.82, 2.24) is 4.90 Å². The standard InChI is InChI=1S/C25H22ClNO6/c1-16(18-6-3-2-4-7-18)27(13-17-10-11-21-22(12-17)33-15-32-21)23(28)14-31-24-19(25(29)30)8-5-9-20(24)26/h2-12,16H,13-15H2,1H3,(H,29,30)/t16-/m1/s1. The van der Waals surface area contributed by atoms with Gasteiger partial charge in [0, 0.05) is 6.54 Å². The van der Waals surface area contributed by atoms with Gasteiger partial charge < -0.3 is 24.2 Å². The summed E-state index contributed by atoms with van der Waals surface area (Å²) < 4.78 is 16.4. The second-order valence-electron chi connectivity index (χ2n) is 7.51. The van der Waals surface area contributed by atoms with Crippen LogP contribution in [0, 0.1) is 0 Å². The lowest BCUT2D eigenvalue weighted by Crippen LogP contribution is -2.36. The molecule has 0 unspecified atom stereocenters. The van der Waals surface area contributed by atoms with Crippen LogP contribution in [0.25, 0.3) is 0 Å². The van der Waals surface area contributed by atoms with Gasteiger partial charge in [-0.1, -0.05) is 54.1 Å². The maximum Gasteiger partial charge on any atom is 0.339 e. The monoisotopic (exact) mass is 467 g/mol. The number of benzene rings is 3. The molecular weight excluding hydrogens is 446 g/mol. The van der Waals surface area contributed by atoms with Crippen molar-refractivity contribution in [1.29, 1.82) is 0 Å². The topological polar surface area (TPSA) is 85.3 Å². The third-order valence-corrected chi connectivity index (χ3v) is 5.69. The van der Waals surface area contributed by atoms with E-state index in [1.54, 1.807) is 4.90 Å². The Morgan fingerprint density at radius 3 is 2.58 bits per heavy atom. The number of carboxylic acids is 1. The molecule has 0 aliphatic carbocycles. The maximum atomic E-state index is 13.3. The molecule has 8 heteroatoms. The Hall–Kier alpha value is -3.71. The zero-order valence-corrected chi connectivity index (χ0v) is 18.6. The van der Waals surface area contributed by atoms with Gasteiger partial charge in [0.25, 0.3) is 5.91 Å². The summed E-state index contributed by atoms with van der Waals surface area (Å²) in [5.74, 6) is -0.243. The molecule has 1 N–H and O–H groups in total. The molecule has 0 aromatic heterocycles. The molecule has 3 aromatic carbocycles. The fourth-order valence-electron chi connectivity index (χ4n) is 3.63. The smallest absolute Gasteiger partial charge is 0.339 e. The second kappa shape index (κ2) is 9.83. The number of carbonyl (C=O) groups is 2. The Kier molecular flexibility index (Phi) is 6.70. The normalized spacial score (nSPS) is 12.8. The Morgan fingerprint density at radius 2 is 1.82 bits per heavy atom. The summed E-state index contributed by atoms with van der Waals surface area (Å²) in [4.78, 5) is 26.5. The molecule has 7 nitrogen and oxygen atoms in total. The van der Waals surface area contributed by atoms with Crippen LogP contribution in [0.2, 0.25) is 5.02 Å². The Morgan fingerprint density at radius 1 is 1.06 bits per heavy atom. The van der Waals surface area contributed by atoms with E-state index in [9.17, 15) is 14.7 Å². The number of carboxylic acid groups (broad SMARTS) is 1. The van der Waals surface area contributed by atoms with Gasteiger partial charge in [-0.25, -0.2) is 4.79 Å². The molecule has 4 rings (SSSR count). The first-order valence-corrected chi connectivity index (χ1v) is 10.7. The fourth-order valence-corrected chi connectivity index (χ4v) is 3.86. The predicted molar refractivity (Wildman–Crippen MR) is 122 cm³/mol. The second-order valence-corrected chi connectivity index (χ2v) is 7.91. The minimum Gasteiger partial charge on any atom is -0.481 e. The molecule has 1 aliphatic rings. The molecule has 1 amide bonds. The highest BCUT2D eigenvalue weighted by Crippen LogP contribution is 2.34. The first-order valence-electron chi connectivity index (χ1n) is 10.3. The van der Waals surface area contributed by atoms with Gasteiger partial charge in [-0.05, 0) is 42.3 Å². The van der Waals surface area contributed by atoms with Crippen molar-refractivity contribution < 1.29 is 28.9 Å². The van der Waals surface area contributed by atoms with Crippen molar-refractivity contribution >= 4 is 23.5 Å². The van der Waals surface area contributed by atoms with Crippen molar-refractivity contribution in [2.75, 3.05) is 13.4 Å². The van der Waals surface area contributed by atoms with Gasteiger partial charge in [-0.3, -0.25) is 4.79 Å². The van der Waals surface area contributed by atoms with Gasteiger partial charge in [-0.15, -0.1) is 0 Å². The van der Waals surface area contributed by atoms with Gasteiger partial charge in [0.05, 0.1) is 11.1 Å². The van der Waals surface area contributed by atoms with Gasteiger partial charge in [0.15, 0.2) is 23.9 Å². The molecule has 33 heavy (non-hydrogen) atoms. The van der Waals surface area contributed by atoms with Crippen LogP contribution < -0.4 is 14.2 Å². The number of amides is 1. The molecule has 0 radical (unpaired) electrons. The first kappa shape index (κ1) is 22.5. The van der Waals surface area contributed by atoms with Crippen LogP contribution >= 0.6 is 11.6 Å². The van der Waals surface area contributed by atoms with E-state index in [1.165, 1.54) is 18.2 Å². The SMILES string of the molecule is C[C@H](c1ccccc1)N(Cc1ccc2c(c1)OCO2)C(=O)COc1c(Cl)cccc1C(=O)O. The van der Waals surface area contributed by atoms with Gasteiger partial charge in [0.2, 0.25) is 6.79 Å². The van der Waals surface area contributed by atoms with E-state index in [2.05, 4.69) is 0 Å². The Balaban J connectivity index is 1.58. The van der Waals surface area contributed by atoms with Crippen LogP contribution in [0.15, 0.2) is 66.7 Å². The van der Waals surface area contributed by atoms with Gasteiger partial charge in [-0.2, -0.15) is 0 Å². The number of halogens is 1. The lowest BCUT2D eigenvalue weighted by atomic mass is 10.1. The number of rotatable bonds is 8. The van der Waals surface area contributed by atoms with Gasteiger partial charge in [0.1, 0.15) is 5.56 Å². The Labute approximate surface area is 196 Å². The summed E-state index contributed by atoms with van der Waals surface area (Å²) in [6.07, 6.45) is 0. The lowest BCUT2D eigenvalue weighted by molar-refractivity contribution is -0.136. The average molecular weight is 468 g/mol. The number of ether oxygens (including phenoxy) is 3. The van der Waals surface area contributed by atoms with Crippen molar-refractivity contribution in [2.45, 2.75) is 19.5 Å². The maximum absolute atomic E-state index is 13.3. The predicted octanol–water partition coefficient (Wildman–Crippen LogP) is 4.94. The number of nitrogens with zero attached hydrogens (tertiary/aromatic N) is 1. The summed E-state index contributed by atoms with van der Waals surface area (Å²) in [6, 6.07) is 19.3. The number of carbonyl (C=O) groups excluding carboxylic acids is 1. The zero-order chi connectivity index (χ0) is 23.4. The molecule has 0 fully saturated rings. The summed E-state index contributed by atoms with van der Waals surface area (Å²) >= 11 is 6.14. The quantitative estimate of drug-likeness (QED) is 0.505. The lowest BCUT2D eigenvalue weighted by Gasteiger charge is -2.30. The van der Waals surface area contributed by atoms with E-state index < -0.39 is 5.97 Å². The van der Waals surface area contributed by atoms with Crippen LogP contribution in [0.3, 0.4) is 0 Å². The third-order valence-electron chi connectivity index (χ3n) is 5.40. The van der Waals surface area contributed by atoms with Crippen LogP contribution in [-0.2, 0) is 11.3 Å².